The maximum absolute atomic E-state index is 13.2. The van der Waals surface area contributed by atoms with Crippen LogP contribution in [0.2, 0.25) is 0 Å². The number of carbonyl (C=O) groups excluding carboxylic acids is 1. The third-order valence-corrected chi connectivity index (χ3v) is 5.96. The summed E-state index contributed by atoms with van der Waals surface area (Å²) in [5.41, 5.74) is 3.59. The molecule has 0 bridgehead atoms. The molecule has 0 aliphatic heterocycles. The van der Waals surface area contributed by atoms with Gasteiger partial charge in [0.05, 0.1) is 12.7 Å². The van der Waals surface area contributed by atoms with Gasteiger partial charge in [0, 0.05) is 16.9 Å². The van der Waals surface area contributed by atoms with Gasteiger partial charge >= 0.3 is 0 Å². The van der Waals surface area contributed by atoms with Gasteiger partial charge in [-0.25, -0.2) is 13.8 Å². The predicted molar refractivity (Wildman–Crippen MR) is 126 cm³/mol. The van der Waals surface area contributed by atoms with Crippen molar-refractivity contribution in [2.75, 3.05) is 7.11 Å². The number of pyridine rings is 1. The Morgan fingerprint density at radius 2 is 2.00 bits per heavy atom. The molecule has 0 amide bonds. The zero-order valence-electron chi connectivity index (χ0n) is 18.4. The Hall–Kier alpha value is -3.50. The van der Waals surface area contributed by atoms with Gasteiger partial charge in [0.25, 0.3) is 6.43 Å². The van der Waals surface area contributed by atoms with Gasteiger partial charge in [-0.05, 0) is 55.3 Å². The molecule has 3 aromatic rings. The fourth-order valence-electron chi connectivity index (χ4n) is 3.25. The molecule has 0 N–H and O–H groups in total. The number of allylic oxidation sites excluding steroid dienone is 1. The van der Waals surface area contributed by atoms with E-state index in [2.05, 4.69) is 11.1 Å². The number of carbonyl (C=O) groups is 1. The number of halogens is 2. The maximum Gasteiger partial charge on any atom is 0.280 e. The highest BCUT2D eigenvalue weighted by Gasteiger charge is 2.17. The van der Waals surface area contributed by atoms with Gasteiger partial charge in [-0.1, -0.05) is 35.9 Å². The Balaban J connectivity index is 1.84. The van der Waals surface area contributed by atoms with Crippen LogP contribution in [0.1, 0.15) is 50.3 Å². The van der Waals surface area contributed by atoms with Crippen LogP contribution in [0.3, 0.4) is 0 Å². The second-order valence-corrected chi connectivity index (χ2v) is 8.35. The smallest absolute Gasteiger partial charge is 0.280 e. The second kappa shape index (κ2) is 10.9. The van der Waals surface area contributed by atoms with Crippen molar-refractivity contribution in [3.63, 3.8) is 0 Å². The lowest BCUT2D eigenvalue weighted by atomic mass is 10.1. The Labute approximate surface area is 195 Å². The minimum atomic E-state index is -2.72. The lowest BCUT2D eigenvalue weighted by Crippen LogP contribution is -1.99. The summed E-state index contributed by atoms with van der Waals surface area (Å²) in [6.07, 6.45) is 0.515. The second-order valence-electron chi connectivity index (χ2n) is 7.38. The molecule has 7 heteroatoms. The first-order valence-electron chi connectivity index (χ1n) is 10.1. The Morgan fingerprint density at radius 1 is 1.21 bits per heavy atom. The maximum atomic E-state index is 13.2. The van der Waals surface area contributed by atoms with Gasteiger partial charge in [-0.2, -0.15) is 5.26 Å². The quantitative estimate of drug-likeness (QED) is 0.211. The zero-order valence-corrected chi connectivity index (χ0v) is 19.2. The number of thioether (sulfide) groups is 1. The van der Waals surface area contributed by atoms with Crippen LogP contribution in [0, 0.1) is 25.2 Å². The van der Waals surface area contributed by atoms with E-state index in [-0.39, 0.29) is 22.1 Å². The topological polar surface area (TPSA) is 63.0 Å². The number of benzene rings is 2. The van der Waals surface area contributed by atoms with E-state index in [0.29, 0.717) is 22.6 Å². The summed E-state index contributed by atoms with van der Waals surface area (Å²) in [4.78, 5) is 16.5. The SMILES string of the molecule is COc1ccc(/C=C/C(=O)c2cccc(C)c2)cc1CSc1nc(C(F)F)cc(C)c1C#N. The van der Waals surface area contributed by atoms with Gasteiger partial charge in [-0.3, -0.25) is 4.79 Å². The van der Waals surface area contributed by atoms with Crippen LogP contribution in [-0.4, -0.2) is 17.9 Å². The summed E-state index contributed by atoms with van der Waals surface area (Å²) in [6, 6.07) is 16.1. The van der Waals surface area contributed by atoms with Crippen LogP contribution in [0.15, 0.2) is 59.6 Å². The van der Waals surface area contributed by atoms with Crippen LogP contribution in [-0.2, 0) is 5.75 Å². The number of alkyl halides is 2. The standard InChI is InChI=1S/C26H22F2N2O2S/c1-16-5-4-6-19(11-16)23(31)9-7-18-8-10-24(32-3)20(13-18)15-33-26-21(14-29)17(2)12-22(30-26)25(27)28/h4-13,25H,15H2,1-3H3/b9-7+. The van der Waals surface area contributed by atoms with Crippen molar-refractivity contribution in [3.8, 4) is 11.8 Å². The molecule has 3 rings (SSSR count). The summed E-state index contributed by atoms with van der Waals surface area (Å²) in [7, 11) is 1.54. The number of ketones is 1. The van der Waals surface area contributed by atoms with Gasteiger partial charge in [-0.15, -0.1) is 11.8 Å². The van der Waals surface area contributed by atoms with E-state index in [1.165, 1.54) is 23.9 Å². The van der Waals surface area contributed by atoms with Crippen molar-refractivity contribution >= 4 is 23.6 Å². The number of methoxy groups -OCH3 is 1. The van der Waals surface area contributed by atoms with Crippen molar-refractivity contribution in [3.05, 3.63) is 93.7 Å². The summed E-state index contributed by atoms with van der Waals surface area (Å²) in [6.45, 7) is 3.55. The summed E-state index contributed by atoms with van der Waals surface area (Å²) >= 11 is 1.19. The van der Waals surface area contributed by atoms with Crippen LogP contribution < -0.4 is 4.74 Å². The number of nitriles is 1. The molecule has 0 spiro atoms. The minimum absolute atomic E-state index is 0.104. The third-order valence-electron chi connectivity index (χ3n) is 4.94. The Morgan fingerprint density at radius 3 is 2.67 bits per heavy atom. The highest BCUT2D eigenvalue weighted by molar-refractivity contribution is 7.98. The molecule has 1 aromatic heterocycles. The first-order chi connectivity index (χ1) is 15.8. The minimum Gasteiger partial charge on any atom is -0.496 e. The predicted octanol–water partition coefficient (Wildman–Crippen LogP) is 6.70. The number of aryl methyl sites for hydroxylation is 2. The van der Waals surface area contributed by atoms with E-state index in [9.17, 15) is 18.8 Å². The van der Waals surface area contributed by atoms with E-state index in [0.717, 1.165) is 16.7 Å². The zero-order chi connectivity index (χ0) is 24.0. The number of aromatic nitrogens is 1. The van der Waals surface area contributed by atoms with Crippen LogP contribution in [0.5, 0.6) is 5.75 Å². The molecule has 0 radical (unpaired) electrons. The molecule has 0 aliphatic carbocycles. The average molecular weight is 465 g/mol. The van der Waals surface area contributed by atoms with Crippen molar-refractivity contribution < 1.29 is 18.3 Å². The van der Waals surface area contributed by atoms with Gasteiger partial charge in [0.1, 0.15) is 22.5 Å². The monoisotopic (exact) mass is 464 g/mol. The van der Waals surface area contributed by atoms with Gasteiger partial charge < -0.3 is 4.74 Å². The first kappa shape index (κ1) is 24.1. The van der Waals surface area contributed by atoms with Crippen molar-refractivity contribution in [2.24, 2.45) is 0 Å². The van der Waals surface area contributed by atoms with E-state index >= 15 is 0 Å². The molecule has 0 fully saturated rings. The van der Waals surface area contributed by atoms with E-state index in [4.69, 9.17) is 4.74 Å². The van der Waals surface area contributed by atoms with Crippen molar-refractivity contribution in [2.45, 2.75) is 31.1 Å². The Bertz CT molecular complexity index is 1250. The van der Waals surface area contributed by atoms with Crippen LogP contribution in [0.25, 0.3) is 6.08 Å². The number of nitrogens with zero attached hydrogens (tertiary/aromatic N) is 2. The fraction of sp³-hybridized carbons (Fsp3) is 0.192. The first-order valence-corrected chi connectivity index (χ1v) is 11.1. The van der Waals surface area contributed by atoms with Gasteiger partial charge in [0.15, 0.2) is 5.78 Å². The number of hydrogen-bond acceptors (Lipinski definition) is 5. The molecular formula is C26H22F2N2O2S. The summed E-state index contributed by atoms with van der Waals surface area (Å²) < 4.78 is 31.8. The van der Waals surface area contributed by atoms with Crippen molar-refractivity contribution in [1.29, 1.82) is 5.26 Å². The molecule has 0 aliphatic rings. The van der Waals surface area contributed by atoms with E-state index in [1.807, 2.05) is 37.3 Å². The summed E-state index contributed by atoms with van der Waals surface area (Å²) in [5.74, 6) is 0.863. The fourth-order valence-corrected chi connectivity index (χ4v) is 4.29. The number of rotatable bonds is 8. The molecule has 0 atom stereocenters. The van der Waals surface area contributed by atoms with Gasteiger partial charge in [0.2, 0.25) is 0 Å². The highest BCUT2D eigenvalue weighted by atomic mass is 32.2. The third kappa shape index (κ3) is 6.05. The molecule has 33 heavy (non-hydrogen) atoms. The van der Waals surface area contributed by atoms with E-state index < -0.39 is 6.43 Å². The number of ether oxygens (including phenoxy) is 1. The lowest BCUT2D eigenvalue weighted by Gasteiger charge is -2.12. The molecule has 0 saturated heterocycles. The Kier molecular flexibility index (Phi) is 7.96. The molecular weight excluding hydrogens is 442 g/mol. The lowest BCUT2D eigenvalue weighted by molar-refractivity contribution is 0.104. The summed E-state index contributed by atoms with van der Waals surface area (Å²) in [5, 5.41) is 9.70. The van der Waals surface area contributed by atoms with Crippen LogP contribution >= 0.6 is 11.8 Å². The molecule has 4 nitrogen and oxygen atoms in total. The normalized spacial score (nSPS) is 11.1. The molecule has 168 valence electrons. The molecule has 2 aromatic carbocycles. The molecule has 1 heterocycles. The average Bonchev–Trinajstić information content (AvgIpc) is 2.80. The molecule has 0 saturated carbocycles. The largest absolute Gasteiger partial charge is 0.496 e. The van der Waals surface area contributed by atoms with E-state index in [1.54, 1.807) is 32.2 Å². The number of hydrogen-bond donors (Lipinski definition) is 0. The highest BCUT2D eigenvalue weighted by Crippen LogP contribution is 2.32. The van der Waals surface area contributed by atoms with Crippen molar-refractivity contribution in [1.82, 2.24) is 4.98 Å². The molecule has 0 unspecified atom stereocenters. The van der Waals surface area contributed by atoms with Crippen LogP contribution in [0.4, 0.5) is 8.78 Å².